The first kappa shape index (κ1) is 17.9. The summed E-state index contributed by atoms with van der Waals surface area (Å²) < 4.78 is 19.4. The van der Waals surface area contributed by atoms with E-state index in [2.05, 4.69) is 5.32 Å². The van der Waals surface area contributed by atoms with E-state index in [1.54, 1.807) is 43.3 Å². The van der Waals surface area contributed by atoms with Crippen LogP contribution in [0.15, 0.2) is 48.5 Å². The molecule has 0 aliphatic carbocycles. The number of esters is 1. The van der Waals surface area contributed by atoms with E-state index in [1.165, 1.54) is 19.1 Å². The summed E-state index contributed by atoms with van der Waals surface area (Å²) in [4.78, 5) is 23.9. The lowest BCUT2D eigenvalue weighted by Gasteiger charge is -2.21. The van der Waals surface area contributed by atoms with Crippen molar-refractivity contribution in [3.8, 4) is 0 Å². The van der Waals surface area contributed by atoms with Crippen molar-refractivity contribution in [1.82, 2.24) is 5.32 Å². The van der Waals surface area contributed by atoms with Gasteiger partial charge >= 0.3 is 5.97 Å². The lowest BCUT2D eigenvalue weighted by atomic mass is 10.1. The highest BCUT2D eigenvalue weighted by Gasteiger charge is 2.26. The van der Waals surface area contributed by atoms with E-state index in [0.29, 0.717) is 5.56 Å². The summed E-state index contributed by atoms with van der Waals surface area (Å²) in [5.41, 5.74) is 0.752. The Morgan fingerprint density at radius 2 is 1.79 bits per heavy atom. The third-order valence-electron chi connectivity index (χ3n) is 3.43. The van der Waals surface area contributed by atoms with Crippen LogP contribution in [-0.4, -0.2) is 11.9 Å². The van der Waals surface area contributed by atoms with Crippen molar-refractivity contribution < 1.29 is 18.7 Å². The summed E-state index contributed by atoms with van der Waals surface area (Å²) in [6.07, 6.45) is -0.851. The number of rotatable bonds is 5. The van der Waals surface area contributed by atoms with Crippen LogP contribution in [0.1, 0.15) is 37.1 Å². The molecule has 0 aliphatic rings. The van der Waals surface area contributed by atoms with Crippen molar-refractivity contribution >= 4 is 23.5 Å². The van der Waals surface area contributed by atoms with Crippen molar-refractivity contribution in [1.29, 1.82) is 0 Å². The molecule has 0 heterocycles. The largest absolute Gasteiger partial charge is 0.456 e. The molecular formula is C18H17ClFNO3. The third-order valence-corrected chi connectivity index (χ3v) is 3.72. The van der Waals surface area contributed by atoms with Gasteiger partial charge in [0.25, 0.3) is 0 Å². The van der Waals surface area contributed by atoms with Crippen LogP contribution >= 0.6 is 11.6 Å². The summed E-state index contributed by atoms with van der Waals surface area (Å²) in [6, 6.07) is 12.2. The van der Waals surface area contributed by atoms with E-state index < -0.39 is 23.9 Å². The molecule has 2 unspecified atom stereocenters. The van der Waals surface area contributed by atoms with E-state index in [-0.39, 0.29) is 16.5 Å². The molecule has 24 heavy (non-hydrogen) atoms. The minimum atomic E-state index is -0.964. The molecule has 0 fully saturated rings. The molecule has 126 valence electrons. The number of ether oxygens (including phenoxy) is 1. The Morgan fingerprint density at radius 3 is 2.42 bits per heavy atom. The number of amides is 1. The molecule has 1 amide bonds. The first-order chi connectivity index (χ1) is 11.4. The summed E-state index contributed by atoms with van der Waals surface area (Å²) in [5, 5.41) is 2.50. The Bertz CT molecular complexity index is 736. The number of carbonyl (C=O) groups excluding carboxylic acids is 2. The Hall–Kier alpha value is -2.40. The zero-order valence-corrected chi connectivity index (χ0v) is 14.0. The fraction of sp³-hybridized carbons (Fsp3) is 0.222. The standard InChI is InChI=1S/C18H17ClFNO3/c1-11(14-9-6-10-15(19)16(14)20)24-18(23)17(21-12(2)22)13-7-4-3-5-8-13/h3-11,17H,1-2H3,(H,21,22). The fourth-order valence-electron chi connectivity index (χ4n) is 2.27. The van der Waals surface area contributed by atoms with Gasteiger partial charge in [0.05, 0.1) is 5.02 Å². The predicted octanol–water partition coefficient (Wildman–Crippen LogP) is 3.96. The Morgan fingerprint density at radius 1 is 1.12 bits per heavy atom. The molecule has 0 aliphatic heterocycles. The molecule has 0 spiro atoms. The highest BCUT2D eigenvalue weighted by atomic mass is 35.5. The highest BCUT2D eigenvalue weighted by molar-refractivity contribution is 6.30. The van der Waals surface area contributed by atoms with Crippen molar-refractivity contribution in [3.05, 3.63) is 70.5 Å². The van der Waals surface area contributed by atoms with Gasteiger partial charge in [-0.2, -0.15) is 0 Å². The van der Waals surface area contributed by atoms with Gasteiger partial charge in [-0.3, -0.25) is 4.79 Å². The number of hydrogen-bond acceptors (Lipinski definition) is 3. The van der Waals surface area contributed by atoms with Gasteiger partial charge in [0, 0.05) is 12.5 Å². The van der Waals surface area contributed by atoms with Gasteiger partial charge in [-0.25, -0.2) is 9.18 Å². The van der Waals surface area contributed by atoms with E-state index in [1.807, 2.05) is 0 Å². The van der Waals surface area contributed by atoms with Crippen LogP contribution in [-0.2, 0) is 14.3 Å². The van der Waals surface area contributed by atoms with Gasteiger partial charge in [-0.15, -0.1) is 0 Å². The number of benzene rings is 2. The number of hydrogen-bond donors (Lipinski definition) is 1. The maximum atomic E-state index is 14.0. The van der Waals surface area contributed by atoms with E-state index in [9.17, 15) is 14.0 Å². The molecule has 2 rings (SSSR count). The van der Waals surface area contributed by atoms with Gasteiger partial charge in [0.2, 0.25) is 5.91 Å². The molecule has 0 saturated carbocycles. The zero-order chi connectivity index (χ0) is 17.7. The van der Waals surface area contributed by atoms with Gasteiger partial charge < -0.3 is 10.1 Å². The maximum Gasteiger partial charge on any atom is 0.333 e. The molecule has 4 nitrogen and oxygen atoms in total. The van der Waals surface area contributed by atoms with E-state index in [4.69, 9.17) is 16.3 Å². The molecule has 2 aromatic carbocycles. The van der Waals surface area contributed by atoms with Crippen LogP contribution in [0.5, 0.6) is 0 Å². The molecule has 2 aromatic rings. The van der Waals surface area contributed by atoms with Crippen molar-refractivity contribution in [2.24, 2.45) is 0 Å². The van der Waals surface area contributed by atoms with Crippen LogP contribution in [0.3, 0.4) is 0 Å². The Labute approximate surface area is 144 Å². The number of halogens is 2. The minimum Gasteiger partial charge on any atom is -0.456 e. The molecule has 0 aromatic heterocycles. The van der Waals surface area contributed by atoms with E-state index >= 15 is 0 Å². The van der Waals surface area contributed by atoms with Crippen LogP contribution in [0, 0.1) is 5.82 Å². The molecule has 0 radical (unpaired) electrons. The monoisotopic (exact) mass is 349 g/mol. The number of nitrogens with one attached hydrogen (secondary N) is 1. The van der Waals surface area contributed by atoms with Crippen LogP contribution in [0.4, 0.5) is 4.39 Å². The Balaban J connectivity index is 2.21. The molecule has 6 heteroatoms. The average Bonchev–Trinajstić information content (AvgIpc) is 2.55. The summed E-state index contributed by atoms with van der Waals surface area (Å²) >= 11 is 5.75. The van der Waals surface area contributed by atoms with Crippen molar-refractivity contribution in [2.75, 3.05) is 0 Å². The highest BCUT2D eigenvalue weighted by Crippen LogP contribution is 2.27. The maximum absolute atomic E-state index is 14.0. The number of carbonyl (C=O) groups is 2. The molecule has 0 saturated heterocycles. The predicted molar refractivity (Wildman–Crippen MR) is 88.9 cm³/mol. The van der Waals surface area contributed by atoms with Gasteiger partial charge in [0.1, 0.15) is 11.9 Å². The average molecular weight is 350 g/mol. The molecular weight excluding hydrogens is 333 g/mol. The molecule has 0 bridgehead atoms. The fourth-order valence-corrected chi connectivity index (χ4v) is 2.45. The normalized spacial score (nSPS) is 13.0. The Kier molecular flexibility index (Phi) is 5.93. The van der Waals surface area contributed by atoms with E-state index in [0.717, 1.165) is 0 Å². The third kappa shape index (κ3) is 4.32. The van der Waals surface area contributed by atoms with Crippen LogP contribution < -0.4 is 5.32 Å². The molecule has 2 atom stereocenters. The topological polar surface area (TPSA) is 55.4 Å². The zero-order valence-electron chi connectivity index (χ0n) is 13.3. The lowest BCUT2D eigenvalue weighted by Crippen LogP contribution is -2.33. The van der Waals surface area contributed by atoms with Crippen molar-refractivity contribution in [2.45, 2.75) is 26.0 Å². The first-order valence-corrected chi connectivity index (χ1v) is 7.74. The second-order valence-corrected chi connectivity index (χ2v) is 5.67. The minimum absolute atomic E-state index is 0.0446. The summed E-state index contributed by atoms with van der Waals surface area (Å²) in [5.74, 6) is -1.68. The summed E-state index contributed by atoms with van der Waals surface area (Å²) in [7, 11) is 0. The first-order valence-electron chi connectivity index (χ1n) is 7.36. The van der Waals surface area contributed by atoms with Gasteiger partial charge in [-0.05, 0) is 18.6 Å². The summed E-state index contributed by atoms with van der Waals surface area (Å²) in [6.45, 7) is 2.85. The lowest BCUT2D eigenvalue weighted by molar-refractivity contribution is -0.152. The van der Waals surface area contributed by atoms with Crippen LogP contribution in [0.25, 0.3) is 0 Å². The second kappa shape index (κ2) is 7.93. The smallest absolute Gasteiger partial charge is 0.333 e. The van der Waals surface area contributed by atoms with Crippen LogP contribution in [0.2, 0.25) is 5.02 Å². The second-order valence-electron chi connectivity index (χ2n) is 5.27. The molecule has 1 N–H and O–H groups in total. The van der Waals surface area contributed by atoms with Crippen molar-refractivity contribution in [3.63, 3.8) is 0 Å². The van der Waals surface area contributed by atoms with Gasteiger partial charge in [-0.1, -0.05) is 54.1 Å². The SMILES string of the molecule is CC(=O)NC(C(=O)OC(C)c1cccc(Cl)c1F)c1ccccc1. The quantitative estimate of drug-likeness (QED) is 0.831. The van der Waals surface area contributed by atoms with Gasteiger partial charge in [0.15, 0.2) is 6.04 Å².